The highest BCUT2D eigenvalue weighted by Gasteiger charge is 2.19. The molecule has 2 N–H and O–H groups in total. The van der Waals surface area contributed by atoms with Crippen LogP contribution in [0.2, 0.25) is 0 Å². The zero-order valence-corrected chi connectivity index (χ0v) is 12.5. The van der Waals surface area contributed by atoms with Crippen LogP contribution in [0, 0.1) is 5.92 Å². The molecule has 0 saturated carbocycles. The number of thiazole rings is 1. The number of aromatic nitrogens is 1. The predicted molar refractivity (Wildman–Crippen MR) is 84.7 cm³/mol. The Bertz CT molecular complexity index is 530. The molecule has 0 radical (unpaired) electrons. The molecule has 1 saturated heterocycles. The van der Waals surface area contributed by atoms with Crippen LogP contribution in [0.25, 0.3) is 0 Å². The molecule has 3 rings (SSSR count). The molecule has 0 unspecified atom stereocenters. The molecule has 0 spiro atoms. The summed E-state index contributed by atoms with van der Waals surface area (Å²) in [5.74, 6) is 0.834. The van der Waals surface area contributed by atoms with Crippen molar-refractivity contribution < 1.29 is 0 Å². The number of likely N-dealkylation sites (tertiary alicyclic amines) is 1. The van der Waals surface area contributed by atoms with Gasteiger partial charge in [0.15, 0.2) is 5.13 Å². The van der Waals surface area contributed by atoms with Crippen LogP contribution < -0.4 is 5.73 Å². The van der Waals surface area contributed by atoms with Gasteiger partial charge in [-0.05, 0) is 43.8 Å². The molecule has 1 fully saturated rings. The van der Waals surface area contributed by atoms with Gasteiger partial charge in [-0.15, -0.1) is 11.3 Å². The highest BCUT2D eigenvalue weighted by atomic mass is 32.1. The van der Waals surface area contributed by atoms with Crippen LogP contribution >= 0.6 is 11.3 Å². The number of piperidine rings is 1. The molecule has 4 heteroatoms. The van der Waals surface area contributed by atoms with E-state index in [0.29, 0.717) is 5.13 Å². The summed E-state index contributed by atoms with van der Waals surface area (Å²) < 4.78 is 0. The lowest BCUT2D eigenvalue weighted by molar-refractivity contribution is 0.178. The molecule has 3 nitrogen and oxygen atoms in total. The van der Waals surface area contributed by atoms with Crippen molar-refractivity contribution in [3.8, 4) is 0 Å². The highest BCUT2D eigenvalue weighted by Crippen LogP contribution is 2.24. The summed E-state index contributed by atoms with van der Waals surface area (Å²) in [6.07, 6.45) is 5.73. The summed E-state index contributed by atoms with van der Waals surface area (Å²) in [4.78, 5) is 7.93. The number of anilines is 1. The molecule has 106 valence electrons. The SMILES string of the molecule is Nc1ncc(CN2CCC(Cc3ccccc3)CC2)s1. The fourth-order valence-electron chi connectivity index (χ4n) is 2.91. The molecule has 2 heterocycles. The Hall–Kier alpha value is -1.39. The van der Waals surface area contributed by atoms with Crippen LogP contribution in [-0.4, -0.2) is 23.0 Å². The summed E-state index contributed by atoms with van der Waals surface area (Å²) in [5.41, 5.74) is 7.15. The van der Waals surface area contributed by atoms with E-state index in [0.717, 1.165) is 12.5 Å². The van der Waals surface area contributed by atoms with Crippen LogP contribution in [0.3, 0.4) is 0 Å². The Morgan fingerprint density at radius 3 is 2.60 bits per heavy atom. The van der Waals surface area contributed by atoms with E-state index < -0.39 is 0 Å². The van der Waals surface area contributed by atoms with Gasteiger partial charge in [0.25, 0.3) is 0 Å². The summed E-state index contributed by atoms with van der Waals surface area (Å²) in [6.45, 7) is 3.39. The van der Waals surface area contributed by atoms with Gasteiger partial charge in [0.1, 0.15) is 0 Å². The van der Waals surface area contributed by atoms with E-state index in [1.165, 1.54) is 42.8 Å². The highest BCUT2D eigenvalue weighted by molar-refractivity contribution is 7.15. The van der Waals surface area contributed by atoms with E-state index in [9.17, 15) is 0 Å². The first-order valence-corrected chi connectivity index (χ1v) is 8.08. The van der Waals surface area contributed by atoms with Crippen molar-refractivity contribution in [1.82, 2.24) is 9.88 Å². The number of hydrogen-bond acceptors (Lipinski definition) is 4. The van der Waals surface area contributed by atoms with Crippen molar-refractivity contribution in [2.45, 2.75) is 25.8 Å². The van der Waals surface area contributed by atoms with Gasteiger partial charge in [-0.3, -0.25) is 4.90 Å². The third-order valence-electron chi connectivity index (χ3n) is 4.03. The summed E-state index contributed by atoms with van der Waals surface area (Å²) >= 11 is 1.61. The molecular weight excluding hydrogens is 266 g/mol. The van der Waals surface area contributed by atoms with Crippen molar-refractivity contribution in [2.75, 3.05) is 18.8 Å². The first-order valence-electron chi connectivity index (χ1n) is 7.26. The lowest BCUT2D eigenvalue weighted by atomic mass is 9.90. The van der Waals surface area contributed by atoms with Gasteiger partial charge in [0.2, 0.25) is 0 Å². The minimum absolute atomic E-state index is 0.680. The second-order valence-corrected chi connectivity index (χ2v) is 6.72. The van der Waals surface area contributed by atoms with E-state index >= 15 is 0 Å². The minimum atomic E-state index is 0.680. The van der Waals surface area contributed by atoms with E-state index in [2.05, 4.69) is 40.2 Å². The molecule has 0 aliphatic carbocycles. The molecule has 2 aromatic rings. The normalized spacial score (nSPS) is 17.4. The van der Waals surface area contributed by atoms with Crippen LogP contribution in [-0.2, 0) is 13.0 Å². The monoisotopic (exact) mass is 287 g/mol. The maximum atomic E-state index is 5.68. The van der Waals surface area contributed by atoms with E-state index in [1.807, 2.05) is 6.20 Å². The zero-order chi connectivity index (χ0) is 13.8. The average molecular weight is 287 g/mol. The fraction of sp³-hybridized carbons (Fsp3) is 0.438. The van der Waals surface area contributed by atoms with E-state index in [-0.39, 0.29) is 0 Å². The molecule has 1 aliphatic rings. The number of benzene rings is 1. The van der Waals surface area contributed by atoms with Crippen molar-refractivity contribution in [3.63, 3.8) is 0 Å². The van der Waals surface area contributed by atoms with Gasteiger partial charge in [-0.1, -0.05) is 30.3 Å². The largest absolute Gasteiger partial charge is 0.375 e. The third kappa shape index (κ3) is 3.58. The van der Waals surface area contributed by atoms with Gasteiger partial charge >= 0.3 is 0 Å². The van der Waals surface area contributed by atoms with Crippen LogP contribution in [0.15, 0.2) is 36.5 Å². The lowest BCUT2D eigenvalue weighted by Gasteiger charge is -2.31. The zero-order valence-electron chi connectivity index (χ0n) is 11.7. The quantitative estimate of drug-likeness (QED) is 0.939. The fourth-order valence-corrected chi connectivity index (χ4v) is 3.64. The second kappa shape index (κ2) is 6.37. The molecule has 1 aromatic carbocycles. The molecule has 0 bridgehead atoms. The van der Waals surface area contributed by atoms with Gasteiger partial charge in [0.05, 0.1) is 0 Å². The van der Waals surface area contributed by atoms with Crippen molar-refractivity contribution in [1.29, 1.82) is 0 Å². The summed E-state index contributed by atoms with van der Waals surface area (Å²) in [5, 5.41) is 0.680. The van der Waals surface area contributed by atoms with Crippen molar-refractivity contribution >= 4 is 16.5 Å². The van der Waals surface area contributed by atoms with Gasteiger partial charge < -0.3 is 5.73 Å². The summed E-state index contributed by atoms with van der Waals surface area (Å²) in [6, 6.07) is 10.9. The molecule has 1 aliphatic heterocycles. The van der Waals surface area contributed by atoms with Crippen molar-refractivity contribution in [2.24, 2.45) is 5.92 Å². The third-order valence-corrected chi connectivity index (χ3v) is 4.84. The average Bonchev–Trinajstić information content (AvgIpc) is 2.88. The lowest BCUT2D eigenvalue weighted by Crippen LogP contribution is -2.33. The molecule has 1 aromatic heterocycles. The van der Waals surface area contributed by atoms with Gasteiger partial charge in [-0.25, -0.2) is 4.98 Å². The number of hydrogen-bond donors (Lipinski definition) is 1. The molecule has 0 atom stereocenters. The standard InChI is InChI=1S/C16H21N3S/c17-16-18-11-15(20-16)12-19-8-6-14(7-9-19)10-13-4-2-1-3-5-13/h1-5,11,14H,6-10,12H2,(H2,17,18). The van der Waals surface area contributed by atoms with E-state index in [4.69, 9.17) is 5.73 Å². The first kappa shape index (κ1) is 13.6. The first-order chi connectivity index (χ1) is 9.79. The minimum Gasteiger partial charge on any atom is -0.375 e. The Morgan fingerprint density at radius 1 is 1.20 bits per heavy atom. The predicted octanol–water partition coefficient (Wildman–Crippen LogP) is 3.18. The van der Waals surface area contributed by atoms with Crippen LogP contribution in [0.1, 0.15) is 23.3 Å². The maximum absolute atomic E-state index is 5.68. The summed E-state index contributed by atoms with van der Waals surface area (Å²) in [7, 11) is 0. The number of nitrogens with zero attached hydrogens (tertiary/aromatic N) is 2. The van der Waals surface area contributed by atoms with E-state index in [1.54, 1.807) is 11.3 Å². The smallest absolute Gasteiger partial charge is 0.180 e. The maximum Gasteiger partial charge on any atom is 0.180 e. The van der Waals surface area contributed by atoms with Crippen LogP contribution in [0.4, 0.5) is 5.13 Å². The van der Waals surface area contributed by atoms with Gasteiger partial charge in [-0.2, -0.15) is 0 Å². The topological polar surface area (TPSA) is 42.1 Å². The molecule has 0 amide bonds. The Balaban J connectivity index is 1.47. The number of nitrogens with two attached hydrogens (primary N) is 1. The van der Waals surface area contributed by atoms with Crippen molar-refractivity contribution in [3.05, 3.63) is 47.0 Å². The van der Waals surface area contributed by atoms with Crippen LogP contribution in [0.5, 0.6) is 0 Å². The number of rotatable bonds is 4. The van der Waals surface area contributed by atoms with Gasteiger partial charge in [0, 0.05) is 17.6 Å². The Morgan fingerprint density at radius 2 is 1.95 bits per heavy atom. The molecule has 20 heavy (non-hydrogen) atoms. The Kier molecular flexibility index (Phi) is 4.33. The number of nitrogen functional groups attached to an aromatic ring is 1. The Labute approximate surface area is 124 Å². The molecular formula is C16H21N3S. The second-order valence-electron chi connectivity index (χ2n) is 5.57.